The number of halogens is 1. The summed E-state index contributed by atoms with van der Waals surface area (Å²) < 4.78 is 11.6. The van der Waals surface area contributed by atoms with Gasteiger partial charge in [0, 0.05) is 16.6 Å². The van der Waals surface area contributed by atoms with Crippen molar-refractivity contribution in [3.05, 3.63) is 58.6 Å². The Labute approximate surface area is 204 Å². The van der Waals surface area contributed by atoms with Crippen LogP contribution in [-0.4, -0.2) is 47.5 Å². The van der Waals surface area contributed by atoms with E-state index in [1.54, 1.807) is 32.9 Å². The number of amides is 1. The zero-order valence-corrected chi connectivity index (χ0v) is 21.5. The molecule has 0 radical (unpaired) electrons. The second-order valence-corrected chi connectivity index (χ2v) is 9.36. The minimum Gasteiger partial charge on any atom is -0.456 e. The number of carbonyl (C=O) groups excluding carboxylic acids is 3. The van der Waals surface area contributed by atoms with Gasteiger partial charge in [0.2, 0.25) is 0 Å². The standard InChI is InChI=1S/C24H26BrNO5.C2H6/c1-24(2,3)31-23(29)26-14-4-5-20(26)22(28)30-15-21(27)18-8-6-16(7-9-18)17-10-12-19(25)13-11-17;1-2/h6-13,20H,4-5,14-15H2,1-3H3;1-2H3/t20-;/m0./s1. The van der Waals surface area contributed by atoms with E-state index in [2.05, 4.69) is 15.9 Å². The Balaban J connectivity index is 0.00000187. The van der Waals surface area contributed by atoms with Gasteiger partial charge in [0.1, 0.15) is 11.6 Å². The molecule has 1 amide bonds. The summed E-state index contributed by atoms with van der Waals surface area (Å²) in [6, 6.07) is 14.3. The molecule has 33 heavy (non-hydrogen) atoms. The number of carbonyl (C=O) groups is 3. The van der Waals surface area contributed by atoms with E-state index in [9.17, 15) is 14.4 Å². The molecule has 6 nitrogen and oxygen atoms in total. The molecule has 2 aromatic rings. The quantitative estimate of drug-likeness (QED) is 0.345. The lowest BCUT2D eigenvalue weighted by Gasteiger charge is -2.27. The van der Waals surface area contributed by atoms with E-state index in [4.69, 9.17) is 9.47 Å². The molecule has 1 atom stereocenters. The van der Waals surface area contributed by atoms with Crippen LogP contribution < -0.4 is 0 Å². The molecule has 1 aliphatic heterocycles. The van der Waals surface area contributed by atoms with Gasteiger partial charge in [-0.05, 0) is 56.9 Å². The molecule has 1 aliphatic rings. The van der Waals surface area contributed by atoms with Gasteiger partial charge in [-0.1, -0.05) is 66.2 Å². The molecule has 2 aromatic carbocycles. The molecule has 0 N–H and O–H groups in total. The number of rotatable bonds is 5. The molecule has 1 heterocycles. The number of benzene rings is 2. The number of likely N-dealkylation sites (tertiary alicyclic amines) is 1. The molecule has 0 unspecified atom stereocenters. The number of hydrogen-bond acceptors (Lipinski definition) is 5. The highest BCUT2D eigenvalue weighted by Crippen LogP contribution is 2.23. The van der Waals surface area contributed by atoms with Gasteiger partial charge < -0.3 is 9.47 Å². The van der Waals surface area contributed by atoms with Crippen molar-refractivity contribution in [2.75, 3.05) is 13.2 Å². The van der Waals surface area contributed by atoms with Crippen molar-refractivity contribution < 1.29 is 23.9 Å². The van der Waals surface area contributed by atoms with Crippen LogP contribution in [0.15, 0.2) is 53.0 Å². The van der Waals surface area contributed by atoms with Crippen molar-refractivity contribution in [3.63, 3.8) is 0 Å². The topological polar surface area (TPSA) is 72.9 Å². The van der Waals surface area contributed by atoms with Crippen molar-refractivity contribution in [2.45, 2.75) is 59.1 Å². The third kappa shape index (κ3) is 7.70. The van der Waals surface area contributed by atoms with Gasteiger partial charge in [-0.2, -0.15) is 0 Å². The van der Waals surface area contributed by atoms with Crippen LogP contribution in [0, 0.1) is 0 Å². The monoisotopic (exact) mass is 517 g/mol. The fraction of sp³-hybridized carbons (Fsp3) is 0.423. The minimum atomic E-state index is -0.720. The van der Waals surface area contributed by atoms with Gasteiger partial charge in [0.25, 0.3) is 0 Å². The van der Waals surface area contributed by atoms with Gasteiger partial charge in [-0.15, -0.1) is 0 Å². The van der Waals surface area contributed by atoms with E-state index in [0.717, 1.165) is 15.6 Å². The molecule has 7 heteroatoms. The predicted molar refractivity (Wildman–Crippen MR) is 132 cm³/mol. The molecule has 3 rings (SSSR count). The third-order valence-electron chi connectivity index (χ3n) is 4.88. The number of ketones is 1. The highest BCUT2D eigenvalue weighted by molar-refractivity contribution is 9.10. The summed E-state index contributed by atoms with van der Waals surface area (Å²) in [6.45, 7) is 9.38. The van der Waals surface area contributed by atoms with Gasteiger partial charge in [0.15, 0.2) is 12.4 Å². The average Bonchev–Trinajstić information content (AvgIpc) is 3.28. The lowest BCUT2D eigenvalue weighted by atomic mass is 10.0. The Morgan fingerprint density at radius 2 is 1.52 bits per heavy atom. The van der Waals surface area contributed by atoms with Gasteiger partial charge in [-0.25, -0.2) is 9.59 Å². The minimum absolute atomic E-state index is 0.294. The molecular formula is C26H32BrNO5. The van der Waals surface area contributed by atoms with E-state index in [-0.39, 0.29) is 12.4 Å². The summed E-state index contributed by atoms with van der Waals surface area (Å²) >= 11 is 3.41. The Kier molecular flexibility index (Phi) is 9.65. The van der Waals surface area contributed by atoms with Gasteiger partial charge in [0.05, 0.1) is 0 Å². The van der Waals surface area contributed by atoms with Crippen LogP contribution in [0.1, 0.15) is 57.8 Å². The van der Waals surface area contributed by atoms with E-state index < -0.39 is 23.7 Å². The summed E-state index contributed by atoms with van der Waals surface area (Å²) in [5, 5.41) is 0. The zero-order chi connectivity index (χ0) is 24.6. The van der Waals surface area contributed by atoms with Gasteiger partial charge in [-0.3, -0.25) is 9.69 Å². The molecule has 0 aliphatic carbocycles. The first-order chi connectivity index (χ1) is 15.6. The Morgan fingerprint density at radius 3 is 2.06 bits per heavy atom. The summed E-state index contributed by atoms with van der Waals surface area (Å²) in [5.41, 5.74) is 1.84. The van der Waals surface area contributed by atoms with Crippen LogP contribution >= 0.6 is 15.9 Å². The zero-order valence-electron chi connectivity index (χ0n) is 19.9. The molecule has 0 spiro atoms. The van der Waals surface area contributed by atoms with Crippen LogP contribution in [0.4, 0.5) is 4.79 Å². The Hall–Kier alpha value is -2.67. The SMILES string of the molecule is CC.CC(C)(C)OC(=O)N1CCC[C@H]1C(=O)OCC(=O)c1ccc(-c2ccc(Br)cc2)cc1. The summed E-state index contributed by atoms with van der Waals surface area (Å²) in [4.78, 5) is 38.7. The second-order valence-electron chi connectivity index (χ2n) is 8.45. The molecule has 0 bridgehead atoms. The van der Waals surface area contributed by atoms with E-state index in [1.165, 1.54) is 4.90 Å². The van der Waals surface area contributed by atoms with Crippen molar-refractivity contribution in [2.24, 2.45) is 0 Å². The van der Waals surface area contributed by atoms with Crippen molar-refractivity contribution >= 4 is 33.8 Å². The Morgan fingerprint density at radius 1 is 0.970 bits per heavy atom. The Bertz CT molecular complexity index is 948. The maximum Gasteiger partial charge on any atom is 0.411 e. The second kappa shape index (κ2) is 12.0. The largest absolute Gasteiger partial charge is 0.456 e. The third-order valence-corrected chi connectivity index (χ3v) is 5.41. The molecule has 178 valence electrons. The predicted octanol–water partition coefficient (Wildman–Crippen LogP) is 6.27. The maximum absolute atomic E-state index is 12.5. The average molecular weight is 518 g/mol. The highest BCUT2D eigenvalue weighted by atomic mass is 79.9. The lowest BCUT2D eigenvalue weighted by molar-refractivity contribution is -0.147. The van der Waals surface area contributed by atoms with E-state index >= 15 is 0 Å². The molecule has 1 saturated heterocycles. The molecular weight excluding hydrogens is 486 g/mol. The first kappa shape index (κ1) is 26.6. The summed E-state index contributed by atoms with van der Waals surface area (Å²) in [7, 11) is 0. The first-order valence-corrected chi connectivity index (χ1v) is 12.0. The maximum atomic E-state index is 12.5. The van der Waals surface area contributed by atoms with E-state index in [0.29, 0.717) is 24.9 Å². The number of esters is 1. The highest BCUT2D eigenvalue weighted by Gasteiger charge is 2.37. The van der Waals surface area contributed by atoms with E-state index in [1.807, 2.05) is 50.2 Å². The molecule has 0 aromatic heterocycles. The number of nitrogens with zero attached hydrogens (tertiary/aromatic N) is 1. The lowest BCUT2D eigenvalue weighted by Crippen LogP contribution is -2.44. The van der Waals surface area contributed by atoms with Crippen molar-refractivity contribution in [3.8, 4) is 11.1 Å². The fourth-order valence-electron chi connectivity index (χ4n) is 3.36. The fourth-order valence-corrected chi connectivity index (χ4v) is 3.62. The number of Topliss-reactive ketones (excluding diaryl/α,β-unsaturated/α-hetero) is 1. The normalized spacial score (nSPS) is 15.3. The van der Waals surface area contributed by atoms with Crippen LogP contribution in [0.25, 0.3) is 11.1 Å². The summed E-state index contributed by atoms with van der Waals surface area (Å²) in [5.74, 6) is -0.874. The van der Waals surface area contributed by atoms with Crippen molar-refractivity contribution in [1.29, 1.82) is 0 Å². The first-order valence-electron chi connectivity index (χ1n) is 11.2. The van der Waals surface area contributed by atoms with Crippen LogP contribution in [0.2, 0.25) is 0 Å². The van der Waals surface area contributed by atoms with Gasteiger partial charge >= 0.3 is 12.1 Å². The van der Waals surface area contributed by atoms with Crippen LogP contribution in [0.5, 0.6) is 0 Å². The number of hydrogen-bond donors (Lipinski definition) is 0. The van der Waals surface area contributed by atoms with Crippen LogP contribution in [0.3, 0.4) is 0 Å². The summed E-state index contributed by atoms with van der Waals surface area (Å²) in [6.07, 6.45) is 0.639. The van der Waals surface area contributed by atoms with Crippen molar-refractivity contribution in [1.82, 2.24) is 4.90 Å². The smallest absolute Gasteiger partial charge is 0.411 e. The number of ether oxygens (including phenoxy) is 2. The van der Waals surface area contributed by atoms with Crippen LogP contribution in [-0.2, 0) is 14.3 Å². The molecule has 1 fully saturated rings. The molecule has 0 saturated carbocycles.